The highest BCUT2D eigenvalue weighted by molar-refractivity contribution is 6.06. The predicted octanol–water partition coefficient (Wildman–Crippen LogP) is 1.05. The van der Waals surface area contributed by atoms with Gasteiger partial charge in [0.15, 0.2) is 5.82 Å². The SMILES string of the molecule is NCCCn1c(CCO)nc2c(N)nc3ccccc3c21. The Bertz CT molecular complexity index is 780. The van der Waals surface area contributed by atoms with Crippen molar-refractivity contribution in [3.8, 4) is 0 Å². The Hall–Kier alpha value is -2.18. The smallest absolute Gasteiger partial charge is 0.152 e. The fourth-order valence-electron chi connectivity index (χ4n) is 2.69. The minimum atomic E-state index is 0.0528. The molecule has 6 nitrogen and oxygen atoms in total. The van der Waals surface area contributed by atoms with Gasteiger partial charge in [-0.1, -0.05) is 18.2 Å². The van der Waals surface area contributed by atoms with E-state index >= 15 is 0 Å². The molecule has 0 aliphatic heterocycles. The number of para-hydroxylation sites is 1. The van der Waals surface area contributed by atoms with Crippen molar-refractivity contribution in [1.82, 2.24) is 14.5 Å². The van der Waals surface area contributed by atoms with Crippen LogP contribution in [-0.2, 0) is 13.0 Å². The molecule has 0 aliphatic carbocycles. The van der Waals surface area contributed by atoms with Gasteiger partial charge in [-0.15, -0.1) is 0 Å². The van der Waals surface area contributed by atoms with Crippen LogP contribution in [-0.4, -0.2) is 32.8 Å². The Labute approximate surface area is 122 Å². The van der Waals surface area contributed by atoms with E-state index in [1.807, 2.05) is 24.3 Å². The van der Waals surface area contributed by atoms with Crippen LogP contribution in [0.15, 0.2) is 24.3 Å². The van der Waals surface area contributed by atoms with E-state index in [1.165, 1.54) is 0 Å². The molecule has 0 aliphatic rings. The lowest BCUT2D eigenvalue weighted by molar-refractivity contribution is 0.294. The maximum absolute atomic E-state index is 9.25. The summed E-state index contributed by atoms with van der Waals surface area (Å²) in [5, 5.41) is 10.3. The van der Waals surface area contributed by atoms with Crippen molar-refractivity contribution in [2.45, 2.75) is 19.4 Å². The molecule has 110 valence electrons. The second-order valence-corrected chi connectivity index (χ2v) is 5.01. The molecule has 5 N–H and O–H groups in total. The zero-order chi connectivity index (χ0) is 14.8. The molecule has 0 atom stereocenters. The second-order valence-electron chi connectivity index (χ2n) is 5.01. The number of aromatic nitrogens is 3. The molecule has 0 saturated heterocycles. The van der Waals surface area contributed by atoms with Gasteiger partial charge in [-0.25, -0.2) is 9.97 Å². The van der Waals surface area contributed by atoms with E-state index in [4.69, 9.17) is 11.5 Å². The number of aliphatic hydroxyl groups excluding tert-OH is 1. The van der Waals surface area contributed by atoms with Gasteiger partial charge in [-0.05, 0) is 19.0 Å². The van der Waals surface area contributed by atoms with Gasteiger partial charge in [0.2, 0.25) is 0 Å². The fraction of sp³-hybridized carbons (Fsp3) is 0.333. The van der Waals surface area contributed by atoms with Gasteiger partial charge in [-0.2, -0.15) is 0 Å². The number of nitrogen functional groups attached to an aromatic ring is 1. The van der Waals surface area contributed by atoms with Gasteiger partial charge in [0.05, 0.1) is 17.6 Å². The molecule has 0 spiro atoms. The number of aryl methyl sites for hydroxylation is 1. The Morgan fingerprint density at radius 1 is 1.19 bits per heavy atom. The first-order valence-electron chi connectivity index (χ1n) is 7.10. The maximum atomic E-state index is 9.25. The predicted molar refractivity (Wildman–Crippen MR) is 83.9 cm³/mol. The van der Waals surface area contributed by atoms with Crippen LogP contribution >= 0.6 is 0 Å². The lowest BCUT2D eigenvalue weighted by Gasteiger charge is -2.09. The molecule has 21 heavy (non-hydrogen) atoms. The fourth-order valence-corrected chi connectivity index (χ4v) is 2.69. The molecule has 0 amide bonds. The monoisotopic (exact) mass is 285 g/mol. The minimum Gasteiger partial charge on any atom is -0.396 e. The molecule has 3 rings (SSSR count). The van der Waals surface area contributed by atoms with Crippen molar-refractivity contribution in [1.29, 1.82) is 0 Å². The van der Waals surface area contributed by atoms with Crippen molar-refractivity contribution < 1.29 is 5.11 Å². The summed E-state index contributed by atoms with van der Waals surface area (Å²) >= 11 is 0. The molecule has 0 radical (unpaired) electrons. The Morgan fingerprint density at radius 2 is 2.00 bits per heavy atom. The number of benzene rings is 1. The third-order valence-corrected chi connectivity index (χ3v) is 3.61. The van der Waals surface area contributed by atoms with E-state index in [1.54, 1.807) is 0 Å². The normalized spacial score (nSPS) is 11.5. The van der Waals surface area contributed by atoms with Crippen LogP contribution in [0.2, 0.25) is 0 Å². The Balaban J connectivity index is 2.34. The van der Waals surface area contributed by atoms with Crippen LogP contribution in [0.3, 0.4) is 0 Å². The van der Waals surface area contributed by atoms with Crippen LogP contribution in [0.1, 0.15) is 12.2 Å². The largest absolute Gasteiger partial charge is 0.396 e. The van der Waals surface area contributed by atoms with Gasteiger partial charge < -0.3 is 21.1 Å². The lowest BCUT2D eigenvalue weighted by Crippen LogP contribution is -2.10. The molecule has 0 fully saturated rings. The molecule has 1 aromatic carbocycles. The van der Waals surface area contributed by atoms with Crippen molar-refractivity contribution in [2.75, 3.05) is 18.9 Å². The molecule has 6 heteroatoms. The number of pyridine rings is 1. The topological polar surface area (TPSA) is 103 Å². The standard InChI is InChI=1S/C15H19N5O/c16-7-3-8-20-12(6-9-21)19-13-14(20)10-4-1-2-5-11(10)18-15(13)17/h1-2,4-5,21H,3,6-9,16H2,(H2,17,18). The number of nitrogens with two attached hydrogens (primary N) is 2. The van der Waals surface area contributed by atoms with Crippen LogP contribution in [0.25, 0.3) is 21.9 Å². The second kappa shape index (κ2) is 5.67. The Morgan fingerprint density at radius 3 is 2.76 bits per heavy atom. The van der Waals surface area contributed by atoms with Crippen molar-refractivity contribution >= 4 is 27.8 Å². The van der Waals surface area contributed by atoms with E-state index in [-0.39, 0.29) is 6.61 Å². The van der Waals surface area contributed by atoms with Crippen molar-refractivity contribution in [3.63, 3.8) is 0 Å². The number of nitrogens with zero attached hydrogens (tertiary/aromatic N) is 3. The number of anilines is 1. The van der Waals surface area contributed by atoms with Crippen LogP contribution in [0.5, 0.6) is 0 Å². The molecule has 2 aromatic heterocycles. The zero-order valence-corrected chi connectivity index (χ0v) is 11.8. The highest BCUT2D eigenvalue weighted by Gasteiger charge is 2.16. The van der Waals surface area contributed by atoms with E-state index in [0.717, 1.165) is 35.2 Å². The molecule has 0 unspecified atom stereocenters. The van der Waals surface area contributed by atoms with Crippen molar-refractivity contribution in [2.24, 2.45) is 5.73 Å². The summed E-state index contributed by atoms with van der Waals surface area (Å²) in [6.45, 7) is 1.42. The van der Waals surface area contributed by atoms with Crippen molar-refractivity contribution in [3.05, 3.63) is 30.1 Å². The molecular weight excluding hydrogens is 266 g/mol. The first kappa shape index (κ1) is 13.8. The van der Waals surface area contributed by atoms with Gasteiger partial charge in [0.25, 0.3) is 0 Å². The number of hydrogen-bond donors (Lipinski definition) is 3. The van der Waals surface area contributed by atoms with Gasteiger partial charge in [0, 0.05) is 18.4 Å². The van der Waals surface area contributed by atoms with E-state index in [2.05, 4.69) is 14.5 Å². The summed E-state index contributed by atoms with van der Waals surface area (Å²) in [7, 11) is 0. The number of rotatable bonds is 5. The first-order valence-corrected chi connectivity index (χ1v) is 7.10. The maximum Gasteiger partial charge on any atom is 0.152 e. The molecule has 0 saturated carbocycles. The van der Waals surface area contributed by atoms with Gasteiger partial charge >= 0.3 is 0 Å². The first-order chi connectivity index (χ1) is 10.3. The summed E-state index contributed by atoms with van der Waals surface area (Å²) in [6, 6.07) is 7.88. The van der Waals surface area contributed by atoms with Crippen LogP contribution in [0, 0.1) is 0 Å². The third kappa shape index (κ3) is 2.32. The number of imidazole rings is 1. The third-order valence-electron chi connectivity index (χ3n) is 3.61. The van der Waals surface area contributed by atoms with E-state index < -0.39 is 0 Å². The highest BCUT2D eigenvalue weighted by Crippen LogP contribution is 2.29. The number of fused-ring (bicyclic) bond motifs is 3. The lowest BCUT2D eigenvalue weighted by atomic mass is 10.2. The number of hydrogen-bond acceptors (Lipinski definition) is 5. The highest BCUT2D eigenvalue weighted by atomic mass is 16.3. The number of aliphatic hydroxyl groups is 1. The summed E-state index contributed by atoms with van der Waals surface area (Å²) in [5.74, 6) is 1.25. The summed E-state index contributed by atoms with van der Waals surface area (Å²) < 4.78 is 2.11. The molecule has 0 bridgehead atoms. The van der Waals surface area contributed by atoms with Gasteiger partial charge in [-0.3, -0.25) is 0 Å². The van der Waals surface area contributed by atoms with E-state index in [0.29, 0.717) is 24.3 Å². The molecule has 2 heterocycles. The molecule has 3 aromatic rings. The summed E-state index contributed by atoms with van der Waals surface area (Å²) in [6.07, 6.45) is 1.34. The van der Waals surface area contributed by atoms with Gasteiger partial charge in [0.1, 0.15) is 11.3 Å². The zero-order valence-electron chi connectivity index (χ0n) is 11.8. The Kier molecular flexibility index (Phi) is 3.72. The van der Waals surface area contributed by atoms with E-state index in [9.17, 15) is 5.11 Å². The average molecular weight is 285 g/mol. The quantitative estimate of drug-likeness (QED) is 0.650. The van der Waals surface area contributed by atoms with Crippen LogP contribution < -0.4 is 11.5 Å². The average Bonchev–Trinajstić information content (AvgIpc) is 2.85. The minimum absolute atomic E-state index is 0.0528. The molecular formula is C15H19N5O. The van der Waals surface area contributed by atoms with Crippen LogP contribution in [0.4, 0.5) is 5.82 Å². The summed E-state index contributed by atoms with van der Waals surface area (Å²) in [5.41, 5.74) is 14.2. The summed E-state index contributed by atoms with van der Waals surface area (Å²) in [4.78, 5) is 8.99.